The van der Waals surface area contributed by atoms with Crippen molar-refractivity contribution in [3.63, 3.8) is 0 Å². The Bertz CT molecular complexity index is 907. The number of nitrogens with one attached hydrogen (secondary N) is 2. The Balaban J connectivity index is 1.71. The van der Waals surface area contributed by atoms with Crippen LogP contribution in [0.2, 0.25) is 10.0 Å². The van der Waals surface area contributed by atoms with Gasteiger partial charge >= 0.3 is 0 Å². The number of aromatic nitrogens is 2. The third-order valence-electron chi connectivity index (χ3n) is 3.65. The summed E-state index contributed by atoms with van der Waals surface area (Å²) in [6.07, 6.45) is 5.02. The van der Waals surface area contributed by atoms with Crippen LogP contribution in [0.4, 0.5) is 11.4 Å². The molecule has 2 heterocycles. The molecule has 0 aliphatic heterocycles. The minimum atomic E-state index is -0.00648. The first-order valence-electron chi connectivity index (χ1n) is 8.01. The van der Waals surface area contributed by atoms with Gasteiger partial charge in [-0.3, -0.25) is 4.79 Å². The molecule has 2 N–H and O–H groups in total. The summed E-state index contributed by atoms with van der Waals surface area (Å²) in [6, 6.07) is 9.04. The SMILES string of the molecule is CCCC(=O)Nc1ccc(Cl)c(NCc2cn3cc(Cl)ccc3n2)c1. The first kappa shape index (κ1) is 17.6. The molecule has 3 aromatic rings. The topological polar surface area (TPSA) is 58.4 Å². The second-order valence-electron chi connectivity index (χ2n) is 5.69. The van der Waals surface area contributed by atoms with Crippen molar-refractivity contribution in [1.82, 2.24) is 9.38 Å². The molecule has 0 bridgehead atoms. The lowest BCUT2D eigenvalue weighted by atomic mass is 10.2. The van der Waals surface area contributed by atoms with Crippen LogP contribution in [-0.2, 0) is 11.3 Å². The number of anilines is 2. The Morgan fingerprint density at radius 1 is 1.20 bits per heavy atom. The quantitative estimate of drug-likeness (QED) is 0.636. The largest absolute Gasteiger partial charge is 0.378 e. The minimum absolute atomic E-state index is 0.00648. The van der Waals surface area contributed by atoms with Gasteiger partial charge in [0.25, 0.3) is 0 Å². The van der Waals surface area contributed by atoms with E-state index in [1.807, 2.05) is 35.9 Å². The molecule has 0 aliphatic carbocycles. The molecule has 1 amide bonds. The van der Waals surface area contributed by atoms with Crippen LogP contribution in [0.1, 0.15) is 25.5 Å². The predicted molar refractivity (Wildman–Crippen MR) is 103 cm³/mol. The van der Waals surface area contributed by atoms with Crippen molar-refractivity contribution in [2.45, 2.75) is 26.3 Å². The number of carbonyl (C=O) groups is 1. The van der Waals surface area contributed by atoms with Crippen LogP contribution in [-0.4, -0.2) is 15.3 Å². The Kier molecular flexibility index (Phi) is 5.46. The Morgan fingerprint density at radius 3 is 2.84 bits per heavy atom. The summed E-state index contributed by atoms with van der Waals surface area (Å²) in [5, 5.41) is 7.36. The molecular formula is C18H18Cl2N4O. The number of benzene rings is 1. The van der Waals surface area contributed by atoms with Gasteiger partial charge in [0.15, 0.2) is 0 Å². The number of amides is 1. The van der Waals surface area contributed by atoms with Crippen LogP contribution >= 0.6 is 23.2 Å². The Hall–Kier alpha value is -2.24. The second-order valence-corrected chi connectivity index (χ2v) is 6.54. The molecule has 0 fully saturated rings. The van der Waals surface area contributed by atoms with E-state index in [0.717, 1.165) is 23.4 Å². The number of pyridine rings is 1. The van der Waals surface area contributed by atoms with Gasteiger partial charge in [0.1, 0.15) is 5.65 Å². The fourth-order valence-electron chi connectivity index (χ4n) is 2.48. The van der Waals surface area contributed by atoms with Crippen LogP contribution in [0.15, 0.2) is 42.7 Å². The molecule has 0 saturated heterocycles. The third-order valence-corrected chi connectivity index (χ3v) is 4.21. The number of rotatable bonds is 6. The lowest BCUT2D eigenvalue weighted by molar-refractivity contribution is -0.116. The van der Waals surface area contributed by atoms with Crippen molar-refractivity contribution in [2.24, 2.45) is 0 Å². The maximum atomic E-state index is 11.7. The van der Waals surface area contributed by atoms with Gasteiger partial charge in [-0.2, -0.15) is 0 Å². The summed E-state index contributed by atoms with van der Waals surface area (Å²) in [4.78, 5) is 16.2. The summed E-state index contributed by atoms with van der Waals surface area (Å²) in [5.41, 5.74) is 3.14. The van der Waals surface area contributed by atoms with E-state index in [1.165, 1.54) is 0 Å². The predicted octanol–water partition coefficient (Wildman–Crippen LogP) is 4.99. The van der Waals surface area contributed by atoms with E-state index in [1.54, 1.807) is 18.2 Å². The molecule has 7 heteroatoms. The normalized spacial score (nSPS) is 10.8. The van der Waals surface area contributed by atoms with Crippen LogP contribution in [0.5, 0.6) is 0 Å². The first-order valence-corrected chi connectivity index (χ1v) is 8.77. The van der Waals surface area contributed by atoms with Gasteiger partial charge in [0.2, 0.25) is 5.91 Å². The molecule has 1 aromatic carbocycles. The number of halogens is 2. The van der Waals surface area contributed by atoms with E-state index in [4.69, 9.17) is 23.2 Å². The second kappa shape index (κ2) is 7.76. The molecule has 0 saturated carbocycles. The van der Waals surface area contributed by atoms with E-state index >= 15 is 0 Å². The summed E-state index contributed by atoms with van der Waals surface area (Å²) >= 11 is 12.2. The number of hydrogen-bond acceptors (Lipinski definition) is 3. The fourth-order valence-corrected chi connectivity index (χ4v) is 2.83. The zero-order valence-electron chi connectivity index (χ0n) is 13.7. The van der Waals surface area contributed by atoms with Crippen molar-refractivity contribution in [1.29, 1.82) is 0 Å². The molecule has 130 valence electrons. The van der Waals surface area contributed by atoms with Crippen molar-refractivity contribution in [3.8, 4) is 0 Å². The van der Waals surface area contributed by atoms with Gasteiger partial charge in [-0.05, 0) is 36.8 Å². The molecule has 2 aromatic heterocycles. The summed E-state index contributed by atoms with van der Waals surface area (Å²) < 4.78 is 1.88. The van der Waals surface area contributed by atoms with Gasteiger partial charge in [0, 0.05) is 24.5 Å². The van der Waals surface area contributed by atoms with Crippen molar-refractivity contribution in [2.75, 3.05) is 10.6 Å². The van der Waals surface area contributed by atoms with Crippen LogP contribution in [0.3, 0.4) is 0 Å². The van der Waals surface area contributed by atoms with Gasteiger partial charge in [-0.15, -0.1) is 0 Å². The van der Waals surface area contributed by atoms with E-state index in [9.17, 15) is 4.79 Å². The molecule has 25 heavy (non-hydrogen) atoms. The molecule has 0 unspecified atom stereocenters. The highest BCUT2D eigenvalue weighted by atomic mass is 35.5. The Morgan fingerprint density at radius 2 is 2.04 bits per heavy atom. The van der Waals surface area contributed by atoms with Crippen molar-refractivity contribution < 1.29 is 4.79 Å². The summed E-state index contributed by atoms with van der Waals surface area (Å²) in [5.74, 6) is -0.00648. The number of fused-ring (bicyclic) bond motifs is 1. The monoisotopic (exact) mass is 376 g/mol. The van der Waals surface area contributed by atoms with Crippen LogP contribution in [0.25, 0.3) is 5.65 Å². The molecule has 0 aliphatic rings. The smallest absolute Gasteiger partial charge is 0.224 e. The standard InChI is InChI=1S/C18H18Cl2N4O/c1-2-3-18(25)23-13-5-6-15(20)16(8-13)21-9-14-11-24-10-12(19)4-7-17(24)22-14/h4-8,10-11,21H,2-3,9H2,1H3,(H,23,25). The molecule has 0 atom stereocenters. The molecular weight excluding hydrogens is 359 g/mol. The maximum absolute atomic E-state index is 11.7. The fraction of sp³-hybridized carbons (Fsp3) is 0.222. The van der Waals surface area contributed by atoms with E-state index in [2.05, 4.69) is 15.6 Å². The van der Waals surface area contributed by atoms with Gasteiger partial charge < -0.3 is 15.0 Å². The molecule has 5 nitrogen and oxygen atoms in total. The van der Waals surface area contributed by atoms with Gasteiger partial charge in [-0.1, -0.05) is 30.1 Å². The van der Waals surface area contributed by atoms with Crippen molar-refractivity contribution in [3.05, 3.63) is 58.5 Å². The van der Waals surface area contributed by atoms with E-state index in [-0.39, 0.29) is 5.91 Å². The average molecular weight is 377 g/mol. The van der Waals surface area contributed by atoms with Crippen molar-refractivity contribution >= 4 is 46.1 Å². The summed E-state index contributed by atoms with van der Waals surface area (Å²) in [7, 11) is 0. The number of nitrogens with zero attached hydrogens (tertiary/aromatic N) is 2. The van der Waals surface area contributed by atoms with Gasteiger partial charge in [0.05, 0.1) is 28.0 Å². The summed E-state index contributed by atoms with van der Waals surface area (Å²) in [6.45, 7) is 2.47. The highest BCUT2D eigenvalue weighted by Gasteiger charge is 2.07. The number of imidazole rings is 1. The maximum Gasteiger partial charge on any atom is 0.224 e. The minimum Gasteiger partial charge on any atom is -0.378 e. The number of carbonyl (C=O) groups excluding carboxylic acids is 1. The molecule has 3 rings (SSSR count). The lowest BCUT2D eigenvalue weighted by Gasteiger charge is -2.10. The van der Waals surface area contributed by atoms with Crippen LogP contribution in [0, 0.1) is 0 Å². The van der Waals surface area contributed by atoms with Crippen LogP contribution < -0.4 is 10.6 Å². The average Bonchev–Trinajstić information content (AvgIpc) is 2.97. The number of hydrogen-bond donors (Lipinski definition) is 2. The molecule has 0 spiro atoms. The lowest BCUT2D eigenvalue weighted by Crippen LogP contribution is -2.11. The highest BCUT2D eigenvalue weighted by molar-refractivity contribution is 6.33. The first-order chi connectivity index (χ1) is 12.0. The zero-order chi connectivity index (χ0) is 17.8. The third kappa shape index (κ3) is 4.44. The molecule has 0 radical (unpaired) electrons. The van der Waals surface area contributed by atoms with E-state index in [0.29, 0.717) is 28.7 Å². The highest BCUT2D eigenvalue weighted by Crippen LogP contribution is 2.26. The Labute approximate surface area is 156 Å². The zero-order valence-corrected chi connectivity index (χ0v) is 15.2. The van der Waals surface area contributed by atoms with E-state index < -0.39 is 0 Å². The van der Waals surface area contributed by atoms with Gasteiger partial charge in [-0.25, -0.2) is 4.98 Å².